The van der Waals surface area contributed by atoms with Gasteiger partial charge in [-0.15, -0.1) is 0 Å². The molecule has 0 saturated heterocycles. The number of hydrogen-bond donors (Lipinski definition) is 1. The van der Waals surface area contributed by atoms with Crippen LogP contribution in [0.1, 0.15) is 25.7 Å². The van der Waals surface area contributed by atoms with E-state index in [0.29, 0.717) is 0 Å². The average Bonchev–Trinajstić information content (AvgIpc) is 2.09. The van der Waals surface area contributed by atoms with Crippen LogP contribution in [0.25, 0.3) is 0 Å². The molecule has 0 aliphatic heterocycles. The normalized spacial score (nSPS) is 19.8. The number of hydrogen-bond acceptors (Lipinski definition) is 3. The van der Waals surface area contributed by atoms with Gasteiger partial charge in [-0.1, -0.05) is 0 Å². The Hall–Kier alpha value is -0.120. The smallest absolute Gasteiger partial charge is 0.0802 e. The first-order valence-corrected chi connectivity index (χ1v) is 5.08. The molecular formula is C10H21NO2. The Morgan fingerprint density at radius 1 is 1.31 bits per heavy atom. The molecule has 0 amide bonds. The first-order valence-electron chi connectivity index (χ1n) is 5.08. The zero-order valence-electron chi connectivity index (χ0n) is 8.77. The summed E-state index contributed by atoms with van der Waals surface area (Å²) in [6.07, 6.45) is 4.81. The lowest BCUT2D eigenvalue weighted by Crippen LogP contribution is -2.48. The minimum atomic E-state index is 0.160. The van der Waals surface area contributed by atoms with E-state index >= 15 is 0 Å². The fourth-order valence-electron chi connectivity index (χ4n) is 1.68. The molecule has 13 heavy (non-hydrogen) atoms. The maximum atomic E-state index is 5.49. The lowest BCUT2D eigenvalue weighted by Gasteiger charge is -2.40. The predicted molar refractivity (Wildman–Crippen MR) is 53.0 cm³/mol. The Balaban J connectivity index is 1.98. The molecule has 78 valence electrons. The van der Waals surface area contributed by atoms with Crippen LogP contribution < -0.4 is 5.32 Å². The predicted octanol–water partition coefficient (Wildman–Crippen LogP) is 1.18. The first kappa shape index (κ1) is 11.0. The molecule has 1 aliphatic rings. The van der Waals surface area contributed by atoms with E-state index in [9.17, 15) is 0 Å². The van der Waals surface area contributed by atoms with Gasteiger partial charge in [0.2, 0.25) is 0 Å². The van der Waals surface area contributed by atoms with Gasteiger partial charge >= 0.3 is 0 Å². The summed E-state index contributed by atoms with van der Waals surface area (Å²) < 4.78 is 10.5. The van der Waals surface area contributed by atoms with Crippen molar-refractivity contribution < 1.29 is 9.47 Å². The summed E-state index contributed by atoms with van der Waals surface area (Å²) in [6, 6.07) is 0. The number of nitrogens with one attached hydrogen (secondary N) is 1. The van der Waals surface area contributed by atoms with Crippen molar-refractivity contribution in [2.24, 2.45) is 0 Å². The highest BCUT2D eigenvalue weighted by atomic mass is 16.5. The molecule has 0 aromatic rings. The Bertz CT molecular complexity index is 129. The van der Waals surface area contributed by atoms with Crippen molar-refractivity contribution in [1.82, 2.24) is 5.32 Å². The maximum Gasteiger partial charge on any atom is 0.0802 e. The molecule has 0 heterocycles. The van der Waals surface area contributed by atoms with Crippen LogP contribution in [0, 0.1) is 0 Å². The van der Waals surface area contributed by atoms with Crippen LogP contribution in [0.2, 0.25) is 0 Å². The molecular weight excluding hydrogens is 166 g/mol. The van der Waals surface area contributed by atoms with Gasteiger partial charge in [-0.3, -0.25) is 0 Å². The van der Waals surface area contributed by atoms with Gasteiger partial charge < -0.3 is 14.8 Å². The van der Waals surface area contributed by atoms with E-state index in [4.69, 9.17) is 9.47 Å². The SMILES string of the molecule is COCCCNCC1(OC)CCC1. The van der Waals surface area contributed by atoms with Crippen molar-refractivity contribution in [1.29, 1.82) is 0 Å². The molecule has 0 unspecified atom stereocenters. The third kappa shape index (κ3) is 3.25. The van der Waals surface area contributed by atoms with E-state index in [1.54, 1.807) is 7.11 Å². The molecule has 3 heteroatoms. The van der Waals surface area contributed by atoms with Gasteiger partial charge in [0.05, 0.1) is 5.60 Å². The van der Waals surface area contributed by atoms with Crippen LogP contribution in [0.15, 0.2) is 0 Å². The molecule has 0 aromatic carbocycles. The van der Waals surface area contributed by atoms with Crippen molar-refractivity contribution in [3.05, 3.63) is 0 Å². The van der Waals surface area contributed by atoms with Gasteiger partial charge in [0.15, 0.2) is 0 Å². The topological polar surface area (TPSA) is 30.5 Å². The van der Waals surface area contributed by atoms with Crippen LogP contribution in [0.4, 0.5) is 0 Å². The number of ether oxygens (including phenoxy) is 2. The van der Waals surface area contributed by atoms with E-state index in [1.807, 2.05) is 7.11 Å². The van der Waals surface area contributed by atoms with Crippen molar-refractivity contribution in [2.75, 3.05) is 33.9 Å². The van der Waals surface area contributed by atoms with Crippen molar-refractivity contribution >= 4 is 0 Å². The summed E-state index contributed by atoms with van der Waals surface area (Å²) in [5.74, 6) is 0. The molecule has 1 N–H and O–H groups in total. The van der Waals surface area contributed by atoms with Crippen molar-refractivity contribution in [3.8, 4) is 0 Å². The number of rotatable bonds is 7. The first-order chi connectivity index (χ1) is 6.33. The standard InChI is InChI=1S/C10H21NO2/c1-12-8-4-7-11-9-10(13-2)5-3-6-10/h11H,3-9H2,1-2H3. The van der Waals surface area contributed by atoms with E-state index in [1.165, 1.54) is 19.3 Å². The molecule has 1 fully saturated rings. The zero-order chi connectivity index (χ0) is 9.57. The molecule has 1 aliphatic carbocycles. The van der Waals surface area contributed by atoms with Gasteiger partial charge in [-0.05, 0) is 32.2 Å². The maximum absolute atomic E-state index is 5.49. The van der Waals surface area contributed by atoms with E-state index in [-0.39, 0.29) is 5.60 Å². The number of methoxy groups -OCH3 is 2. The Morgan fingerprint density at radius 2 is 2.08 bits per heavy atom. The second-order valence-electron chi connectivity index (χ2n) is 3.76. The summed E-state index contributed by atoms with van der Waals surface area (Å²) in [4.78, 5) is 0. The Kier molecular flexibility index (Phi) is 4.70. The fraction of sp³-hybridized carbons (Fsp3) is 1.00. The van der Waals surface area contributed by atoms with Gasteiger partial charge in [0.25, 0.3) is 0 Å². The third-order valence-electron chi connectivity index (χ3n) is 2.85. The summed E-state index contributed by atoms with van der Waals surface area (Å²) in [5.41, 5.74) is 0.160. The second kappa shape index (κ2) is 5.58. The van der Waals surface area contributed by atoms with Crippen LogP contribution >= 0.6 is 0 Å². The highest BCUT2D eigenvalue weighted by Crippen LogP contribution is 2.34. The summed E-state index contributed by atoms with van der Waals surface area (Å²) in [7, 11) is 3.55. The van der Waals surface area contributed by atoms with Crippen LogP contribution in [-0.4, -0.2) is 39.5 Å². The van der Waals surface area contributed by atoms with E-state index in [0.717, 1.165) is 26.1 Å². The van der Waals surface area contributed by atoms with Gasteiger partial charge in [0, 0.05) is 27.4 Å². The Morgan fingerprint density at radius 3 is 2.54 bits per heavy atom. The van der Waals surface area contributed by atoms with Crippen molar-refractivity contribution in [2.45, 2.75) is 31.3 Å². The van der Waals surface area contributed by atoms with Gasteiger partial charge in [0.1, 0.15) is 0 Å². The molecule has 0 bridgehead atoms. The third-order valence-corrected chi connectivity index (χ3v) is 2.85. The molecule has 0 aromatic heterocycles. The highest BCUT2D eigenvalue weighted by molar-refractivity contribution is 4.91. The van der Waals surface area contributed by atoms with Crippen molar-refractivity contribution in [3.63, 3.8) is 0 Å². The summed E-state index contributed by atoms with van der Waals surface area (Å²) >= 11 is 0. The van der Waals surface area contributed by atoms with Crippen LogP contribution in [0.3, 0.4) is 0 Å². The fourth-order valence-corrected chi connectivity index (χ4v) is 1.68. The second-order valence-corrected chi connectivity index (χ2v) is 3.76. The average molecular weight is 187 g/mol. The molecule has 0 spiro atoms. The van der Waals surface area contributed by atoms with E-state index in [2.05, 4.69) is 5.32 Å². The summed E-state index contributed by atoms with van der Waals surface area (Å²) in [6.45, 7) is 2.86. The minimum Gasteiger partial charge on any atom is -0.385 e. The van der Waals surface area contributed by atoms with Gasteiger partial charge in [-0.25, -0.2) is 0 Å². The lowest BCUT2D eigenvalue weighted by molar-refractivity contribution is -0.0693. The summed E-state index contributed by atoms with van der Waals surface area (Å²) in [5, 5.41) is 3.41. The monoisotopic (exact) mass is 187 g/mol. The molecule has 1 saturated carbocycles. The molecule has 3 nitrogen and oxygen atoms in total. The molecule has 0 atom stereocenters. The zero-order valence-corrected chi connectivity index (χ0v) is 8.77. The van der Waals surface area contributed by atoms with Crippen LogP contribution in [0.5, 0.6) is 0 Å². The highest BCUT2D eigenvalue weighted by Gasteiger charge is 2.36. The van der Waals surface area contributed by atoms with Crippen LogP contribution in [-0.2, 0) is 9.47 Å². The van der Waals surface area contributed by atoms with E-state index < -0.39 is 0 Å². The Labute approximate surface area is 80.8 Å². The van der Waals surface area contributed by atoms with Gasteiger partial charge in [-0.2, -0.15) is 0 Å². The molecule has 1 rings (SSSR count). The minimum absolute atomic E-state index is 0.160. The quantitative estimate of drug-likeness (QED) is 0.607. The molecule has 0 radical (unpaired) electrons. The lowest BCUT2D eigenvalue weighted by atomic mass is 9.80. The largest absolute Gasteiger partial charge is 0.385 e.